The van der Waals surface area contributed by atoms with E-state index in [1.807, 2.05) is 9.80 Å². The Labute approximate surface area is 215 Å². The van der Waals surface area contributed by atoms with Crippen LogP contribution in [0.1, 0.15) is 52.8 Å². The molecule has 0 aliphatic carbocycles. The van der Waals surface area contributed by atoms with Crippen LogP contribution in [-0.4, -0.2) is 66.5 Å². The molecule has 2 aromatic carbocycles. The minimum absolute atomic E-state index is 0.0359. The Balaban J connectivity index is 1.29. The first kappa shape index (κ1) is 24.4. The van der Waals surface area contributed by atoms with E-state index in [0.29, 0.717) is 66.7 Å². The van der Waals surface area contributed by atoms with Crippen molar-refractivity contribution < 1.29 is 23.9 Å². The molecule has 3 heterocycles. The van der Waals surface area contributed by atoms with Gasteiger partial charge in [0.25, 0.3) is 11.8 Å². The fourth-order valence-corrected chi connectivity index (χ4v) is 5.29. The average molecular weight is 512 g/mol. The van der Waals surface area contributed by atoms with Crippen molar-refractivity contribution in [1.82, 2.24) is 15.1 Å². The van der Waals surface area contributed by atoms with Crippen LogP contribution >= 0.6 is 11.6 Å². The van der Waals surface area contributed by atoms with E-state index < -0.39 is 6.04 Å². The Kier molecular flexibility index (Phi) is 7.32. The molecule has 3 amide bonds. The number of likely N-dealkylation sites (tertiary alicyclic amines) is 2. The fraction of sp³-hybridized carbons (Fsp3) is 0.444. The van der Waals surface area contributed by atoms with E-state index in [2.05, 4.69) is 5.32 Å². The summed E-state index contributed by atoms with van der Waals surface area (Å²) in [4.78, 5) is 43.4. The van der Waals surface area contributed by atoms with E-state index in [-0.39, 0.29) is 30.4 Å². The third-order valence-corrected chi connectivity index (χ3v) is 7.50. The van der Waals surface area contributed by atoms with Gasteiger partial charge in [-0.2, -0.15) is 0 Å². The number of carbonyl (C=O) groups is 3. The van der Waals surface area contributed by atoms with Gasteiger partial charge in [-0.3, -0.25) is 14.4 Å². The summed E-state index contributed by atoms with van der Waals surface area (Å²) < 4.78 is 10.7. The predicted molar refractivity (Wildman–Crippen MR) is 134 cm³/mol. The normalized spacial score (nSPS) is 18.6. The predicted octanol–water partition coefficient (Wildman–Crippen LogP) is 3.73. The molecule has 2 fully saturated rings. The Morgan fingerprint density at radius 1 is 0.833 bits per heavy atom. The number of nitrogens with one attached hydrogen (secondary N) is 1. The molecular formula is C27H30ClN3O5. The van der Waals surface area contributed by atoms with Gasteiger partial charge >= 0.3 is 0 Å². The summed E-state index contributed by atoms with van der Waals surface area (Å²) in [6.07, 6.45) is 4.32. The summed E-state index contributed by atoms with van der Waals surface area (Å²) in [5, 5.41) is 3.61. The first-order valence-electron chi connectivity index (χ1n) is 12.5. The molecular weight excluding hydrogens is 482 g/mol. The highest BCUT2D eigenvalue weighted by Crippen LogP contribution is 2.33. The summed E-state index contributed by atoms with van der Waals surface area (Å²) in [6.45, 7) is 2.60. The number of hydrogen-bond acceptors (Lipinski definition) is 5. The van der Waals surface area contributed by atoms with Crippen molar-refractivity contribution in [2.45, 2.75) is 38.1 Å². The van der Waals surface area contributed by atoms with Gasteiger partial charge < -0.3 is 24.6 Å². The minimum Gasteiger partial charge on any atom is -0.454 e. The maximum absolute atomic E-state index is 13.6. The lowest BCUT2D eigenvalue weighted by Gasteiger charge is -2.38. The van der Waals surface area contributed by atoms with E-state index in [0.717, 1.165) is 19.3 Å². The highest BCUT2D eigenvalue weighted by molar-refractivity contribution is 6.30. The molecule has 1 N–H and O–H groups in total. The Hall–Kier alpha value is -3.26. The highest BCUT2D eigenvalue weighted by atomic mass is 35.5. The fourth-order valence-electron chi connectivity index (χ4n) is 5.17. The van der Waals surface area contributed by atoms with Crippen molar-refractivity contribution in [3.63, 3.8) is 0 Å². The summed E-state index contributed by atoms with van der Waals surface area (Å²) in [5.41, 5.74) is 1.01. The molecule has 2 aromatic rings. The molecule has 5 rings (SSSR count). The zero-order valence-corrected chi connectivity index (χ0v) is 20.8. The smallest absolute Gasteiger partial charge is 0.253 e. The van der Waals surface area contributed by atoms with Gasteiger partial charge in [-0.05, 0) is 80.5 Å². The Bertz CT molecular complexity index is 1120. The van der Waals surface area contributed by atoms with Gasteiger partial charge in [-0.25, -0.2) is 0 Å². The molecule has 190 valence electrons. The van der Waals surface area contributed by atoms with Gasteiger partial charge in [0.2, 0.25) is 12.7 Å². The van der Waals surface area contributed by atoms with Crippen molar-refractivity contribution >= 4 is 29.3 Å². The number of rotatable bonds is 5. The summed E-state index contributed by atoms with van der Waals surface area (Å²) in [7, 11) is 0. The van der Waals surface area contributed by atoms with Crippen molar-refractivity contribution in [2.24, 2.45) is 5.92 Å². The molecule has 0 spiro atoms. The molecule has 0 bridgehead atoms. The van der Waals surface area contributed by atoms with Crippen LogP contribution in [0.4, 0.5) is 0 Å². The zero-order chi connectivity index (χ0) is 25.1. The highest BCUT2D eigenvalue weighted by Gasteiger charge is 2.37. The second-order valence-electron chi connectivity index (χ2n) is 9.54. The third kappa shape index (κ3) is 5.28. The number of carbonyl (C=O) groups excluding carboxylic acids is 3. The van der Waals surface area contributed by atoms with Crippen molar-refractivity contribution in [3.05, 3.63) is 58.6 Å². The second kappa shape index (κ2) is 10.8. The van der Waals surface area contributed by atoms with Gasteiger partial charge in [-0.15, -0.1) is 0 Å². The summed E-state index contributed by atoms with van der Waals surface area (Å²) >= 11 is 5.95. The number of halogens is 1. The lowest BCUT2D eigenvalue weighted by Crippen LogP contribution is -2.55. The van der Waals surface area contributed by atoms with Crippen LogP contribution in [0.2, 0.25) is 5.02 Å². The monoisotopic (exact) mass is 511 g/mol. The number of amides is 3. The van der Waals surface area contributed by atoms with Gasteiger partial charge in [0, 0.05) is 42.3 Å². The van der Waals surface area contributed by atoms with Crippen LogP contribution in [0, 0.1) is 5.92 Å². The molecule has 0 aromatic heterocycles. The number of hydrogen-bond donors (Lipinski definition) is 1. The Morgan fingerprint density at radius 2 is 1.50 bits per heavy atom. The number of benzene rings is 2. The summed E-state index contributed by atoms with van der Waals surface area (Å²) in [6, 6.07) is 11.3. The van der Waals surface area contributed by atoms with Gasteiger partial charge in [0.15, 0.2) is 11.5 Å². The van der Waals surface area contributed by atoms with Gasteiger partial charge in [0.05, 0.1) is 0 Å². The van der Waals surface area contributed by atoms with Crippen LogP contribution in [0.25, 0.3) is 0 Å². The number of fused-ring (bicyclic) bond motifs is 1. The standard InChI is InChI=1S/C27H30ClN3O5/c28-21-7-4-19(5-8-21)26(33)31-14-10-18(11-15-31)24(27(34)30-12-2-1-3-13-30)29-25(32)20-6-9-22-23(16-20)36-17-35-22/h4-9,16,18,24H,1-3,10-15,17H2,(H,29,32)/t24-/m1/s1. The topological polar surface area (TPSA) is 88.2 Å². The average Bonchev–Trinajstić information content (AvgIpc) is 3.40. The van der Waals surface area contributed by atoms with Crippen molar-refractivity contribution in [1.29, 1.82) is 0 Å². The van der Waals surface area contributed by atoms with Crippen LogP contribution in [0.5, 0.6) is 11.5 Å². The van der Waals surface area contributed by atoms with Crippen molar-refractivity contribution in [2.75, 3.05) is 33.0 Å². The molecule has 3 aliphatic heterocycles. The number of piperidine rings is 2. The van der Waals surface area contributed by atoms with E-state index >= 15 is 0 Å². The van der Waals surface area contributed by atoms with E-state index in [9.17, 15) is 14.4 Å². The Morgan fingerprint density at radius 3 is 2.22 bits per heavy atom. The SMILES string of the molecule is O=C(N[C@@H](C(=O)N1CCCCC1)C1CCN(C(=O)c2ccc(Cl)cc2)CC1)c1ccc2c(c1)OCO2. The third-order valence-electron chi connectivity index (χ3n) is 7.24. The second-order valence-corrected chi connectivity index (χ2v) is 9.98. The lowest BCUT2D eigenvalue weighted by atomic mass is 9.87. The first-order valence-corrected chi connectivity index (χ1v) is 12.9. The van der Waals surface area contributed by atoms with Crippen molar-refractivity contribution in [3.8, 4) is 11.5 Å². The quantitative estimate of drug-likeness (QED) is 0.661. The molecule has 2 saturated heterocycles. The minimum atomic E-state index is -0.645. The van der Waals surface area contributed by atoms with E-state index in [4.69, 9.17) is 21.1 Å². The summed E-state index contributed by atoms with van der Waals surface area (Å²) in [5.74, 6) is 0.662. The molecule has 8 nitrogen and oxygen atoms in total. The molecule has 3 aliphatic rings. The van der Waals surface area contributed by atoms with Crippen LogP contribution in [0.3, 0.4) is 0 Å². The zero-order valence-electron chi connectivity index (χ0n) is 20.1. The largest absolute Gasteiger partial charge is 0.454 e. The van der Waals surface area contributed by atoms with Crippen LogP contribution in [-0.2, 0) is 4.79 Å². The molecule has 0 saturated carbocycles. The molecule has 36 heavy (non-hydrogen) atoms. The maximum atomic E-state index is 13.6. The molecule has 0 unspecified atom stereocenters. The molecule has 1 atom stereocenters. The molecule has 0 radical (unpaired) electrons. The van der Waals surface area contributed by atoms with E-state index in [1.54, 1.807) is 42.5 Å². The van der Waals surface area contributed by atoms with Gasteiger partial charge in [0.1, 0.15) is 6.04 Å². The molecule has 9 heteroatoms. The van der Waals surface area contributed by atoms with Gasteiger partial charge in [-0.1, -0.05) is 11.6 Å². The first-order chi connectivity index (χ1) is 17.5. The number of ether oxygens (including phenoxy) is 2. The van der Waals surface area contributed by atoms with Crippen LogP contribution in [0.15, 0.2) is 42.5 Å². The number of nitrogens with zero attached hydrogens (tertiary/aromatic N) is 2. The van der Waals surface area contributed by atoms with E-state index in [1.165, 1.54) is 0 Å². The van der Waals surface area contributed by atoms with Crippen LogP contribution < -0.4 is 14.8 Å². The lowest BCUT2D eigenvalue weighted by molar-refractivity contribution is -0.136. The maximum Gasteiger partial charge on any atom is 0.253 e.